The molecule has 0 radical (unpaired) electrons. The molecule has 0 saturated heterocycles. The molecule has 82 valence electrons. The third-order valence-electron chi connectivity index (χ3n) is 2.76. The Hall–Kier alpha value is -1.04. The second-order valence-electron chi connectivity index (χ2n) is 4.05. The Balaban J connectivity index is 3.02. The fourth-order valence-corrected chi connectivity index (χ4v) is 2.10. The minimum Gasteiger partial charge on any atom is -0.103 e. The van der Waals surface area contributed by atoms with E-state index in [1.807, 2.05) is 6.08 Å². The van der Waals surface area contributed by atoms with Gasteiger partial charge in [-0.3, -0.25) is 0 Å². The molecular weight excluding hydrogens is 180 g/mol. The summed E-state index contributed by atoms with van der Waals surface area (Å²) in [5.74, 6) is 0. The van der Waals surface area contributed by atoms with Crippen LogP contribution in [0, 0.1) is 0 Å². The lowest BCUT2D eigenvalue weighted by molar-refractivity contribution is 0.870. The molecule has 1 aromatic carbocycles. The van der Waals surface area contributed by atoms with Crippen molar-refractivity contribution in [2.75, 3.05) is 0 Å². The predicted octanol–water partition coefficient (Wildman–Crippen LogP) is 4.32. The molecule has 15 heavy (non-hydrogen) atoms. The first-order valence-corrected chi connectivity index (χ1v) is 6.04. The minimum atomic E-state index is 1.02. The lowest BCUT2D eigenvalue weighted by atomic mass is 9.93. The maximum atomic E-state index is 3.86. The molecule has 1 rings (SSSR count). The summed E-state index contributed by atoms with van der Waals surface area (Å²) >= 11 is 0. The Morgan fingerprint density at radius 2 is 1.60 bits per heavy atom. The molecule has 0 bridgehead atoms. The van der Waals surface area contributed by atoms with Crippen molar-refractivity contribution in [1.29, 1.82) is 0 Å². The summed E-state index contributed by atoms with van der Waals surface area (Å²) < 4.78 is 0. The van der Waals surface area contributed by atoms with Gasteiger partial charge in [0.15, 0.2) is 0 Å². The third-order valence-corrected chi connectivity index (χ3v) is 2.76. The molecule has 0 saturated carbocycles. The molecule has 1 aromatic rings. The Kier molecular flexibility index (Phi) is 5.17. The topological polar surface area (TPSA) is 0 Å². The van der Waals surface area contributed by atoms with Crippen LogP contribution >= 0.6 is 0 Å². The minimum absolute atomic E-state index is 1.02. The molecule has 0 N–H and O–H groups in total. The summed E-state index contributed by atoms with van der Waals surface area (Å²) in [5.41, 5.74) is 4.56. The van der Waals surface area contributed by atoms with Crippen LogP contribution in [0.2, 0.25) is 0 Å². The van der Waals surface area contributed by atoms with Gasteiger partial charge >= 0.3 is 0 Å². The fraction of sp³-hybridized carbons (Fsp3) is 0.467. The average Bonchev–Trinajstić information content (AvgIpc) is 2.23. The summed E-state index contributed by atoms with van der Waals surface area (Å²) in [5, 5.41) is 0. The first kappa shape index (κ1) is 12.0. The van der Waals surface area contributed by atoms with Crippen LogP contribution in [-0.4, -0.2) is 0 Å². The molecule has 0 heteroatoms. The van der Waals surface area contributed by atoms with Gasteiger partial charge in [0.25, 0.3) is 0 Å². The van der Waals surface area contributed by atoms with E-state index in [4.69, 9.17) is 0 Å². The van der Waals surface area contributed by atoms with Crippen molar-refractivity contribution < 1.29 is 0 Å². The van der Waals surface area contributed by atoms with Crippen LogP contribution in [0.1, 0.15) is 43.4 Å². The number of benzene rings is 1. The van der Waals surface area contributed by atoms with Crippen LogP contribution in [0.5, 0.6) is 0 Å². The normalized spacial score (nSPS) is 10.3. The smallest absolute Gasteiger partial charge is 0.00947 e. The summed E-state index contributed by atoms with van der Waals surface area (Å²) in [4.78, 5) is 0. The average molecular weight is 202 g/mol. The van der Waals surface area contributed by atoms with Crippen molar-refractivity contribution in [3.8, 4) is 0 Å². The Morgan fingerprint density at radius 3 is 2.00 bits per heavy atom. The van der Waals surface area contributed by atoms with Gasteiger partial charge in [-0.1, -0.05) is 51.0 Å². The number of aryl methyl sites for hydroxylation is 2. The van der Waals surface area contributed by atoms with Crippen molar-refractivity contribution >= 4 is 0 Å². The molecule has 0 unspecified atom stereocenters. The van der Waals surface area contributed by atoms with Crippen LogP contribution in [-0.2, 0) is 19.3 Å². The van der Waals surface area contributed by atoms with Crippen LogP contribution in [0.3, 0.4) is 0 Å². The van der Waals surface area contributed by atoms with Gasteiger partial charge in [0.2, 0.25) is 0 Å². The molecule has 0 atom stereocenters. The summed E-state index contributed by atoms with van der Waals surface area (Å²) in [6.45, 7) is 8.34. The van der Waals surface area contributed by atoms with Crippen molar-refractivity contribution in [2.24, 2.45) is 0 Å². The Labute approximate surface area is 94.0 Å². The van der Waals surface area contributed by atoms with Gasteiger partial charge in [-0.15, -0.1) is 6.58 Å². The first-order valence-electron chi connectivity index (χ1n) is 6.04. The second-order valence-corrected chi connectivity index (χ2v) is 4.05. The number of hydrogen-bond donors (Lipinski definition) is 0. The van der Waals surface area contributed by atoms with E-state index in [0.29, 0.717) is 0 Å². The highest BCUT2D eigenvalue weighted by Gasteiger charge is 2.05. The van der Waals surface area contributed by atoms with Crippen molar-refractivity contribution in [3.05, 3.63) is 47.5 Å². The maximum Gasteiger partial charge on any atom is -0.00947 e. The zero-order chi connectivity index (χ0) is 11.1. The quantitative estimate of drug-likeness (QED) is 0.603. The summed E-state index contributed by atoms with van der Waals surface area (Å²) in [6.07, 6.45) is 7.88. The lowest BCUT2D eigenvalue weighted by Gasteiger charge is -2.12. The van der Waals surface area contributed by atoms with E-state index in [0.717, 1.165) is 6.42 Å². The SMILES string of the molecule is C=CCc1c(CCC)cccc1CCC. The molecule has 0 heterocycles. The fourth-order valence-electron chi connectivity index (χ4n) is 2.10. The molecule has 0 aliphatic heterocycles. The van der Waals surface area contributed by atoms with Crippen molar-refractivity contribution in [1.82, 2.24) is 0 Å². The highest BCUT2D eigenvalue weighted by Crippen LogP contribution is 2.19. The van der Waals surface area contributed by atoms with Gasteiger partial charge in [0, 0.05) is 0 Å². The molecule has 0 aromatic heterocycles. The summed E-state index contributed by atoms with van der Waals surface area (Å²) in [6, 6.07) is 6.73. The van der Waals surface area contributed by atoms with E-state index in [9.17, 15) is 0 Å². The predicted molar refractivity (Wildman–Crippen MR) is 68.3 cm³/mol. The van der Waals surface area contributed by atoms with Gasteiger partial charge in [-0.05, 0) is 36.0 Å². The Morgan fingerprint density at radius 1 is 1.07 bits per heavy atom. The van der Waals surface area contributed by atoms with Crippen molar-refractivity contribution in [3.63, 3.8) is 0 Å². The van der Waals surface area contributed by atoms with E-state index in [-0.39, 0.29) is 0 Å². The molecule has 0 nitrogen and oxygen atoms in total. The van der Waals surface area contributed by atoms with Gasteiger partial charge in [0.1, 0.15) is 0 Å². The zero-order valence-corrected chi connectivity index (χ0v) is 10.1. The van der Waals surface area contributed by atoms with E-state index in [1.165, 1.54) is 42.4 Å². The van der Waals surface area contributed by atoms with Crippen LogP contribution < -0.4 is 0 Å². The van der Waals surface area contributed by atoms with Gasteiger partial charge in [-0.25, -0.2) is 0 Å². The molecule has 0 aliphatic rings. The zero-order valence-electron chi connectivity index (χ0n) is 10.1. The third kappa shape index (κ3) is 3.23. The number of rotatable bonds is 6. The van der Waals surface area contributed by atoms with Crippen molar-refractivity contribution in [2.45, 2.75) is 46.0 Å². The molecular formula is C15H22. The Bertz CT molecular complexity index is 286. The largest absolute Gasteiger partial charge is 0.103 e. The van der Waals surface area contributed by atoms with Crippen LogP contribution in [0.4, 0.5) is 0 Å². The molecule has 0 fully saturated rings. The highest BCUT2D eigenvalue weighted by molar-refractivity contribution is 5.37. The lowest BCUT2D eigenvalue weighted by Crippen LogP contribution is -1.99. The molecule has 0 aliphatic carbocycles. The van der Waals surface area contributed by atoms with E-state index in [2.05, 4.69) is 38.6 Å². The number of allylic oxidation sites excluding steroid dienone is 1. The number of hydrogen-bond acceptors (Lipinski definition) is 0. The van der Waals surface area contributed by atoms with Crippen LogP contribution in [0.25, 0.3) is 0 Å². The summed E-state index contributed by atoms with van der Waals surface area (Å²) in [7, 11) is 0. The van der Waals surface area contributed by atoms with Gasteiger partial charge in [0.05, 0.1) is 0 Å². The van der Waals surface area contributed by atoms with Gasteiger partial charge < -0.3 is 0 Å². The first-order chi connectivity index (χ1) is 7.33. The van der Waals surface area contributed by atoms with Gasteiger partial charge in [-0.2, -0.15) is 0 Å². The standard InChI is InChI=1S/C15H22/c1-4-8-13-11-7-12-14(9-5-2)15(13)10-6-3/h6-7,11-12H,3-5,8-10H2,1-2H3. The van der Waals surface area contributed by atoms with E-state index in [1.54, 1.807) is 0 Å². The molecule has 0 spiro atoms. The van der Waals surface area contributed by atoms with Crippen LogP contribution in [0.15, 0.2) is 30.9 Å². The van der Waals surface area contributed by atoms with E-state index < -0.39 is 0 Å². The highest BCUT2D eigenvalue weighted by atomic mass is 14.1. The monoisotopic (exact) mass is 202 g/mol. The maximum absolute atomic E-state index is 3.86. The second kappa shape index (κ2) is 6.44. The van der Waals surface area contributed by atoms with E-state index >= 15 is 0 Å². The molecule has 0 amide bonds.